The number of rotatable bonds is 7. The first-order valence-electron chi connectivity index (χ1n) is 11.3. The van der Waals surface area contributed by atoms with Crippen LogP contribution in [0.15, 0.2) is 66.0 Å². The Morgan fingerprint density at radius 2 is 1.94 bits per heavy atom. The second kappa shape index (κ2) is 8.76. The molecule has 1 unspecified atom stereocenters. The zero-order valence-corrected chi connectivity index (χ0v) is 19.5. The van der Waals surface area contributed by atoms with Gasteiger partial charge in [-0.15, -0.1) is 0 Å². The van der Waals surface area contributed by atoms with Crippen LogP contribution in [0.3, 0.4) is 0 Å². The third-order valence-corrected chi connectivity index (χ3v) is 7.67. The Morgan fingerprint density at radius 1 is 1.18 bits per heavy atom. The molecule has 1 N–H and O–H groups in total. The quantitative estimate of drug-likeness (QED) is 0.519. The maximum absolute atomic E-state index is 15.1. The zero-order chi connectivity index (χ0) is 23.9. The topological polar surface area (TPSA) is 83.4 Å². The Morgan fingerprint density at radius 3 is 2.62 bits per heavy atom. The number of amides is 1. The molecule has 2 aliphatic rings. The summed E-state index contributed by atoms with van der Waals surface area (Å²) in [5.41, 5.74) is 3.24. The average Bonchev–Trinajstić information content (AvgIpc) is 3.55. The lowest BCUT2D eigenvalue weighted by Crippen LogP contribution is -2.30. The number of benzene rings is 1. The van der Waals surface area contributed by atoms with E-state index in [0.29, 0.717) is 11.4 Å². The molecule has 1 amide bonds. The molecule has 174 valence electrons. The van der Waals surface area contributed by atoms with Crippen LogP contribution in [0.1, 0.15) is 47.9 Å². The number of pyridine rings is 1. The lowest BCUT2D eigenvalue weighted by Gasteiger charge is -2.20. The van der Waals surface area contributed by atoms with E-state index in [2.05, 4.69) is 17.1 Å². The number of hydrogen-bond acceptors (Lipinski definition) is 5. The van der Waals surface area contributed by atoms with E-state index in [1.54, 1.807) is 6.08 Å². The number of carbonyl (C=O) groups excluding carboxylic acids is 1. The van der Waals surface area contributed by atoms with Crippen LogP contribution in [-0.2, 0) is 15.0 Å². The van der Waals surface area contributed by atoms with E-state index in [9.17, 15) is 9.59 Å². The summed E-state index contributed by atoms with van der Waals surface area (Å²) in [6, 6.07) is 14.4. The Balaban J connectivity index is 1.35. The smallest absolute Gasteiger partial charge is 0.305 e. The SMILES string of the molecule is CN(CCC(=O)O)C(=O)C1=CCC(c2nc3ccc(C4(c5ccccc5)CC4)nc3s2)C(F)=C1. The van der Waals surface area contributed by atoms with Gasteiger partial charge in [-0.25, -0.2) is 14.4 Å². The molecule has 2 heterocycles. The molecule has 34 heavy (non-hydrogen) atoms. The van der Waals surface area contributed by atoms with Gasteiger partial charge < -0.3 is 10.0 Å². The molecular weight excluding hydrogens is 453 g/mol. The number of fused-ring (bicyclic) bond motifs is 1. The molecule has 0 radical (unpaired) electrons. The molecule has 1 fully saturated rings. The van der Waals surface area contributed by atoms with Gasteiger partial charge in [0, 0.05) is 24.6 Å². The summed E-state index contributed by atoms with van der Waals surface area (Å²) in [5, 5.41) is 9.44. The molecule has 1 atom stereocenters. The van der Waals surface area contributed by atoms with Crippen molar-refractivity contribution in [1.82, 2.24) is 14.9 Å². The second-order valence-electron chi connectivity index (χ2n) is 8.87. The fourth-order valence-corrected chi connectivity index (χ4v) is 5.50. The normalized spacial score (nSPS) is 18.8. The number of allylic oxidation sites excluding steroid dienone is 2. The maximum atomic E-state index is 15.1. The van der Waals surface area contributed by atoms with E-state index in [-0.39, 0.29) is 29.9 Å². The molecule has 1 aromatic carbocycles. The fourth-order valence-electron chi connectivity index (χ4n) is 4.44. The predicted molar refractivity (Wildman–Crippen MR) is 128 cm³/mol. The van der Waals surface area contributed by atoms with Crippen LogP contribution in [0.5, 0.6) is 0 Å². The van der Waals surface area contributed by atoms with Crippen molar-refractivity contribution in [3.05, 3.63) is 82.3 Å². The van der Waals surface area contributed by atoms with Gasteiger partial charge in [0.05, 0.1) is 18.0 Å². The highest BCUT2D eigenvalue weighted by molar-refractivity contribution is 7.18. The number of nitrogens with zero attached hydrogens (tertiary/aromatic N) is 3. The second-order valence-corrected chi connectivity index (χ2v) is 9.88. The van der Waals surface area contributed by atoms with Crippen molar-refractivity contribution in [2.24, 2.45) is 0 Å². The molecule has 8 heteroatoms. The summed E-state index contributed by atoms with van der Waals surface area (Å²) >= 11 is 1.40. The van der Waals surface area contributed by atoms with E-state index in [1.165, 1.54) is 34.9 Å². The maximum Gasteiger partial charge on any atom is 0.305 e. The van der Waals surface area contributed by atoms with Gasteiger partial charge in [-0.1, -0.05) is 47.7 Å². The summed E-state index contributed by atoms with van der Waals surface area (Å²) in [6.07, 6.45) is 5.22. The van der Waals surface area contributed by atoms with E-state index in [4.69, 9.17) is 10.1 Å². The molecule has 1 saturated carbocycles. The average molecular weight is 478 g/mol. The number of carbonyl (C=O) groups is 2. The minimum absolute atomic E-state index is 0.0414. The van der Waals surface area contributed by atoms with Gasteiger partial charge in [-0.3, -0.25) is 9.59 Å². The molecule has 2 aromatic heterocycles. The van der Waals surface area contributed by atoms with Gasteiger partial charge in [-0.2, -0.15) is 0 Å². The molecule has 3 aromatic rings. The van der Waals surface area contributed by atoms with E-state index in [1.807, 2.05) is 30.3 Å². The summed E-state index contributed by atoms with van der Waals surface area (Å²) in [6.45, 7) is 0.0702. The molecular formula is C26H24FN3O3S. The lowest BCUT2D eigenvalue weighted by molar-refractivity contribution is -0.137. The Hall–Kier alpha value is -3.39. The Kier molecular flexibility index (Phi) is 5.77. The molecule has 0 spiro atoms. The van der Waals surface area contributed by atoms with Crippen LogP contribution in [0.2, 0.25) is 0 Å². The number of halogens is 1. The van der Waals surface area contributed by atoms with Crippen molar-refractivity contribution in [2.45, 2.75) is 37.0 Å². The van der Waals surface area contributed by atoms with E-state index in [0.717, 1.165) is 28.9 Å². The van der Waals surface area contributed by atoms with Crippen LogP contribution in [0.4, 0.5) is 4.39 Å². The first-order valence-corrected chi connectivity index (χ1v) is 12.1. The highest BCUT2D eigenvalue weighted by Crippen LogP contribution is 2.53. The van der Waals surface area contributed by atoms with Crippen molar-refractivity contribution in [3.8, 4) is 0 Å². The number of hydrogen-bond donors (Lipinski definition) is 1. The highest BCUT2D eigenvalue weighted by atomic mass is 32.1. The van der Waals surface area contributed by atoms with Crippen LogP contribution >= 0.6 is 11.3 Å². The summed E-state index contributed by atoms with van der Waals surface area (Å²) in [7, 11) is 1.52. The number of aliphatic carboxylic acids is 1. The Bertz CT molecular complexity index is 1330. The minimum atomic E-state index is -0.983. The standard InChI is InChI=1S/C26H24FN3O3S/c1-30(14-11-22(31)32)25(33)16-7-8-18(19(27)15-16)23-28-20-9-10-21(29-24(20)34-23)26(12-13-26)17-5-3-2-4-6-17/h2-7,9-10,15,18H,8,11-14H2,1H3,(H,31,32). The van der Waals surface area contributed by atoms with E-state index < -0.39 is 17.7 Å². The van der Waals surface area contributed by atoms with Crippen molar-refractivity contribution in [1.29, 1.82) is 0 Å². The molecule has 5 rings (SSSR count). The monoisotopic (exact) mass is 477 g/mol. The third-order valence-electron chi connectivity index (χ3n) is 6.59. The van der Waals surface area contributed by atoms with Gasteiger partial charge >= 0.3 is 5.97 Å². The van der Waals surface area contributed by atoms with Gasteiger partial charge in [0.15, 0.2) is 0 Å². The van der Waals surface area contributed by atoms with Crippen LogP contribution < -0.4 is 0 Å². The van der Waals surface area contributed by atoms with Crippen LogP contribution in [0, 0.1) is 0 Å². The highest BCUT2D eigenvalue weighted by Gasteiger charge is 2.47. The van der Waals surface area contributed by atoms with Crippen molar-refractivity contribution < 1.29 is 19.1 Å². The molecule has 0 aliphatic heterocycles. The largest absolute Gasteiger partial charge is 0.481 e. The third kappa shape index (κ3) is 4.14. The van der Waals surface area contributed by atoms with Crippen LogP contribution in [0.25, 0.3) is 10.3 Å². The van der Waals surface area contributed by atoms with Gasteiger partial charge in [0.2, 0.25) is 0 Å². The van der Waals surface area contributed by atoms with Gasteiger partial charge in [0.25, 0.3) is 5.91 Å². The first kappa shape index (κ1) is 22.4. The van der Waals surface area contributed by atoms with Crippen molar-refractivity contribution in [3.63, 3.8) is 0 Å². The van der Waals surface area contributed by atoms with E-state index >= 15 is 4.39 Å². The lowest BCUT2D eigenvalue weighted by atomic mass is 9.92. The Labute approximate surface area is 200 Å². The van der Waals surface area contributed by atoms with Crippen molar-refractivity contribution in [2.75, 3.05) is 13.6 Å². The number of thiazole rings is 1. The first-order chi connectivity index (χ1) is 16.4. The van der Waals surface area contributed by atoms with Crippen LogP contribution in [-0.4, -0.2) is 45.4 Å². The van der Waals surface area contributed by atoms with Gasteiger partial charge in [-0.05, 0) is 43.0 Å². The summed E-state index contributed by atoms with van der Waals surface area (Å²) in [5.74, 6) is -2.34. The molecule has 2 aliphatic carbocycles. The predicted octanol–water partition coefficient (Wildman–Crippen LogP) is 4.97. The molecule has 0 bridgehead atoms. The summed E-state index contributed by atoms with van der Waals surface area (Å²) < 4.78 is 15.1. The molecule has 0 saturated heterocycles. The number of likely N-dealkylation sites (N-methyl/N-ethyl adjacent to an activating group) is 1. The van der Waals surface area contributed by atoms with Gasteiger partial charge in [0.1, 0.15) is 21.2 Å². The summed E-state index contributed by atoms with van der Waals surface area (Å²) in [4.78, 5) is 34.9. The van der Waals surface area contributed by atoms with Crippen molar-refractivity contribution >= 4 is 33.6 Å². The number of carboxylic acid groups (broad SMARTS) is 1. The fraction of sp³-hybridized carbons (Fsp3) is 0.308. The number of aromatic nitrogens is 2. The molecule has 6 nitrogen and oxygen atoms in total. The minimum Gasteiger partial charge on any atom is -0.481 e. The zero-order valence-electron chi connectivity index (χ0n) is 18.7. The number of carboxylic acids is 1.